The number of rotatable bonds is 6. The molecule has 32 heavy (non-hydrogen) atoms. The molecule has 0 spiro atoms. The van der Waals surface area contributed by atoms with Crippen molar-refractivity contribution in [2.75, 3.05) is 0 Å². The number of carbonyl (C=O) groups excluding carboxylic acids is 1. The summed E-state index contributed by atoms with van der Waals surface area (Å²) in [6.45, 7) is 5.32. The molecule has 0 aliphatic heterocycles. The highest BCUT2D eigenvalue weighted by Gasteiger charge is 2.38. The van der Waals surface area contributed by atoms with E-state index in [2.05, 4.69) is 20.5 Å². The minimum Gasteiger partial charge on any atom is -0.342 e. The lowest BCUT2D eigenvalue weighted by Crippen LogP contribution is -2.30. The number of pyridine rings is 1. The molecule has 3 aromatic heterocycles. The maximum Gasteiger partial charge on any atom is 0.449 e. The normalized spacial score (nSPS) is 13.2. The van der Waals surface area contributed by atoms with Gasteiger partial charge in [-0.2, -0.15) is 13.2 Å². The molecule has 0 radical (unpaired) electrons. The van der Waals surface area contributed by atoms with Crippen LogP contribution in [0, 0.1) is 0 Å². The molecule has 0 aliphatic carbocycles. The molecule has 1 aromatic carbocycles. The summed E-state index contributed by atoms with van der Waals surface area (Å²) in [4.78, 5) is 16.8. The summed E-state index contributed by atoms with van der Waals surface area (Å²) in [7, 11) is 0. The number of halogens is 3. The van der Waals surface area contributed by atoms with Crippen molar-refractivity contribution in [1.29, 1.82) is 0 Å². The second-order valence-electron chi connectivity index (χ2n) is 7.90. The van der Waals surface area contributed by atoms with Crippen molar-refractivity contribution in [3.05, 3.63) is 59.8 Å². The van der Waals surface area contributed by atoms with Crippen molar-refractivity contribution in [2.24, 2.45) is 0 Å². The van der Waals surface area contributed by atoms with E-state index in [-0.39, 0.29) is 11.1 Å². The number of amides is 1. The number of hydrogen-bond acceptors (Lipinski definition) is 4. The maximum absolute atomic E-state index is 13.5. The van der Waals surface area contributed by atoms with Gasteiger partial charge in [-0.25, -0.2) is 4.98 Å². The molecule has 168 valence electrons. The highest BCUT2D eigenvalue weighted by molar-refractivity contribution is 5.97. The van der Waals surface area contributed by atoms with E-state index in [1.807, 2.05) is 35.7 Å². The molecule has 1 amide bonds. The Kier molecular flexibility index (Phi) is 5.62. The summed E-state index contributed by atoms with van der Waals surface area (Å²) < 4.78 is 43.4. The zero-order valence-corrected chi connectivity index (χ0v) is 17.9. The molecule has 1 atom stereocenters. The number of fused-ring (bicyclic) bond motifs is 2. The third-order valence-corrected chi connectivity index (χ3v) is 5.26. The van der Waals surface area contributed by atoms with E-state index in [0.29, 0.717) is 23.4 Å². The Morgan fingerprint density at radius 3 is 2.62 bits per heavy atom. The van der Waals surface area contributed by atoms with Crippen LogP contribution in [0.2, 0.25) is 0 Å². The molecule has 0 aliphatic rings. The predicted molar refractivity (Wildman–Crippen MR) is 113 cm³/mol. The minimum absolute atomic E-state index is 0.124. The second-order valence-corrected chi connectivity index (χ2v) is 7.90. The lowest BCUT2D eigenvalue weighted by Gasteiger charge is -2.17. The summed E-state index contributed by atoms with van der Waals surface area (Å²) in [6.07, 6.45) is -1.35. The lowest BCUT2D eigenvalue weighted by molar-refractivity contribution is -0.147. The van der Waals surface area contributed by atoms with Crippen molar-refractivity contribution >= 4 is 22.6 Å². The van der Waals surface area contributed by atoms with E-state index in [1.165, 1.54) is 18.2 Å². The third-order valence-electron chi connectivity index (χ3n) is 5.26. The Hall–Kier alpha value is -3.43. The summed E-state index contributed by atoms with van der Waals surface area (Å²) in [6, 6.07) is 9.09. The third kappa shape index (κ3) is 3.92. The highest BCUT2D eigenvalue weighted by Crippen LogP contribution is 2.34. The zero-order chi connectivity index (χ0) is 23.0. The van der Waals surface area contributed by atoms with Crippen LogP contribution >= 0.6 is 0 Å². The number of aromatic nitrogens is 5. The number of imidazole rings is 1. The maximum atomic E-state index is 13.5. The molecule has 10 heteroatoms. The first-order valence-electron chi connectivity index (χ1n) is 10.4. The molecule has 1 N–H and O–H groups in total. The van der Waals surface area contributed by atoms with Crippen LogP contribution in [0.5, 0.6) is 0 Å². The highest BCUT2D eigenvalue weighted by atomic mass is 19.4. The number of carbonyl (C=O) groups is 1. The van der Waals surface area contributed by atoms with Crippen LogP contribution in [0.4, 0.5) is 13.2 Å². The SMILES string of the molecule is CCCC(NC(=O)c1ccc2c(c1)nc(C(F)(F)F)n2C(C)C)c1nnc2ccccn12. The van der Waals surface area contributed by atoms with E-state index in [1.54, 1.807) is 13.8 Å². The van der Waals surface area contributed by atoms with Crippen LogP contribution in [0.1, 0.15) is 67.7 Å². The smallest absolute Gasteiger partial charge is 0.342 e. The number of benzene rings is 1. The first kappa shape index (κ1) is 21.8. The van der Waals surface area contributed by atoms with Crippen molar-refractivity contribution in [2.45, 2.75) is 51.9 Å². The molecule has 1 unspecified atom stereocenters. The van der Waals surface area contributed by atoms with E-state index in [9.17, 15) is 18.0 Å². The van der Waals surface area contributed by atoms with Gasteiger partial charge in [-0.15, -0.1) is 10.2 Å². The Bertz CT molecular complexity index is 1270. The van der Waals surface area contributed by atoms with E-state index in [4.69, 9.17) is 0 Å². The van der Waals surface area contributed by atoms with E-state index in [0.717, 1.165) is 11.0 Å². The molecular weight excluding hydrogens is 421 g/mol. The lowest BCUT2D eigenvalue weighted by atomic mass is 10.1. The first-order chi connectivity index (χ1) is 15.2. The monoisotopic (exact) mass is 444 g/mol. The van der Waals surface area contributed by atoms with Crippen molar-refractivity contribution < 1.29 is 18.0 Å². The molecule has 0 bridgehead atoms. The average molecular weight is 444 g/mol. The topological polar surface area (TPSA) is 77.1 Å². The zero-order valence-electron chi connectivity index (χ0n) is 17.9. The number of alkyl halides is 3. The summed E-state index contributed by atoms with van der Waals surface area (Å²) in [5.41, 5.74) is 1.35. The van der Waals surface area contributed by atoms with Gasteiger partial charge in [0.25, 0.3) is 5.91 Å². The first-order valence-corrected chi connectivity index (χ1v) is 10.4. The fraction of sp³-hybridized carbons (Fsp3) is 0.364. The molecule has 0 saturated heterocycles. The average Bonchev–Trinajstić information content (AvgIpc) is 3.34. The van der Waals surface area contributed by atoms with Crippen LogP contribution in [-0.4, -0.2) is 30.1 Å². The summed E-state index contributed by atoms with van der Waals surface area (Å²) >= 11 is 0. The van der Waals surface area contributed by atoms with Gasteiger partial charge in [0.15, 0.2) is 11.5 Å². The fourth-order valence-electron chi connectivity index (χ4n) is 3.86. The van der Waals surface area contributed by atoms with Gasteiger partial charge in [0, 0.05) is 17.8 Å². The van der Waals surface area contributed by atoms with Crippen molar-refractivity contribution in [3.8, 4) is 0 Å². The molecule has 0 saturated carbocycles. The van der Waals surface area contributed by atoms with Gasteiger partial charge in [0.1, 0.15) is 0 Å². The van der Waals surface area contributed by atoms with E-state index >= 15 is 0 Å². The fourth-order valence-corrected chi connectivity index (χ4v) is 3.86. The largest absolute Gasteiger partial charge is 0.449 e. The Morgan fingerprint density at radius 2 is 1.94 bits per heavy atom. The van der Waals surface area contributed by atoms with Crippen molar-refractivity contribution in [1.82, 2.24) is 29.5 Å². The Balaban J connectivity index is 1.68. The molecular formula is C22H23F3N6O. The van der Waals surface area contributed by atoms with Gasteiger partial charge in [-0.1, -0.05) is 19.4 Å². The Morgan fingerprint density at radius 1 is 1.16 bits per heavy atom. The number of nitrogens with zero attached hydrogens (tertiary/aromatic N) is 5. The molecule has 3 heterocycles. The number of nitrogens with one attached hydrogen (secondary N) is 1. The standard InChI is InChI=1S/C22H23F3N6O/c1-4-7-15(19-29-28-18-8-5-6-11-30(18)19)26-20(32)14-9-10-17-16(12-14)27-21(22(23,24)25)31(17)13(2)3/h5-6,8-13,15H,4,7H2,1-3H3,(H,26,32). The van der Waals surface area contributed by atoms with Crippen LogP contribution in [0.3, 0.4) is 0 Å². The predicted octanol–water partition coefficient (Wildman–Crippen LogP) is 4.95. The summed E-state index contributed by atoms with van der Waals surface area (Å²) in [5, 5.41) is 11.3. The van der Waals surface area contributed by atoms with Gasteiger partial charge in [0.2, 0.25) is 5.82 Å². The number of hydrogen-bond donors (Lipinski definition) is 1. The molecule has 7 nitrogen and oxygen atoms in total. The minimum atomic E-state index is -4.59. The van der Waals surface area contributed by atoms with Crippen LogP contribution in [0.25, 0.3) is 16.7 Å². The van der Waals surface area contributed by atoms with Gasteiger partial charge < -0.3 is 9.88 Å². The Labute approximate surface area is 182 Å². The van der Waals surface area contributed by atoms with Gasteiger partial charge >= 0.3 is 6.18 Å². The summed E-state index contributed by atoms with van der Waals surface area (Å²) in [5.74, 6) is -0.787. The van der Waals surface area contributed by atoms with Gasteiger partial charge in [-0.05, 0) is 50.6 Å². The van der Waals surface area contributed by atoms with Gasteiger partial charge in [-0.3, -0.25) is 9.20 Å². The molecule has 4 aromatic rings. The van der Waals surface area contributed by atoms with Crippen molar-refractivity contribution in [3.63, 3.8) is 0 Å². The van der Waals surface area contributed by atoms with Crippen LogP contribution in [-0.2, 0) is 6.18 Å². The van der Waals surface area contributed by atoms with E-state index < -0.39 is 30.0 Å². The molecule has 4 rings (SSSR count). The van der Waals surface area contributed by atoms with Crippen LogP contribution in [0.15, 0.2) is 42.6 Å². The second kappa shape index (κ2) is 8.25. The van der Waals surface area contributed by atoms with Gasteiger partial charge in [0.05, 0.1) is 17.1 Å². The molecule has 0 fully saturated rings. The quantitative estimate of drug-likeness (QED) is 0.457. The van der Waals surface area contributed by atoms with Crippen LogP contribution < -0.4 is 5.32 Å².